The monoisotopic (exact) mass is 201 g/mol. The summed E-state index contributed by atoms with van der Waals surface area (Å²) < 4.78 is 36.4. The van der Waals surface area contributed by atoms with Gasteiger partial charge in [0.2, 0.25) is 0 Å². The average Bonchev–Trinajstić information content (AvgIpc) is 2.15. The van der Waals surface area contributed by atoms with Gasteiger partial charge in [0, 0.05) is 6.20 Å². The molecule has 1 aromatic heterocycles. The Balaban J connectivity index is 3.01. The molecule has 0 aromatic carbocycles. The molecule has 0 aliphatic rings. The first kappa shape index (κ1) is 10.8. The summed E-state index contributed by atoms with van der Waals surface area (Å²) in [5.41, 5.74) is 0.712. The molecule has 0 amide bonds. The predicted molar refractivity (Wildman–Crippen MR) is 48.6 cm³/mol. The summed E-state index contributed by atoms with van der Waals surface area (Å²) >= 11 is 0. The number of rotatable bonds is 1. The number of hydrogen-bond donors (Lipinski definition) is 0. The van der Waals surface area contributed by atoms with Gasteiger partial charge in [0.05, 0.1) is 11.3 Å². The quantitative estimate of drug-likeness (QED) is 0.677. The van der Waals surface area contributed by atoms with E-state index in [2.05, 4.69) is 4.98 Å². The van der Waals surface area contributed by atoms with E-state index in [1.54, 1.807) is 13.0 Å². The van der Waals surface area contributed by atoms with E-state index in [1.165, 1.54) is 6.07 Å². The smallest absolute Gasteiger partial charge is 0.256 e. The summed E-state index contributed by atoms with van der Waals surface area (Å²) in [7, 11) is 0. The second-order valence-corrected chi connectivity index (χ2v) is 2.90. The zero-order valence-electron chi connectivity index (χ0n) is 7.89. The van der Waals surface area contributed by atoms with Crippen LogP contribution in [0, 0.1) is 0 Å². The first-order valence-electron chi connectivity index (χ1n) is 4.11. The summed E-state index contributed by atoms with van der Waals surface area (Å²) in [6.07, 6.45) is -1.66. The summed E-state index contributed by atoms with van der Waals surface area (Å²) in [5, 5.41) is 0. The van der Waals surface area contributed by atoms with Gasteiger partial charge in [-0.1, -0.05) is 6.08 Å². The van der Waals surface area contributed by atoms with Crippen molar-refractivity contribution in [2.75, 3.05) is 0 Å². The van der Waals surface area contributed by atoms with Gasteiger partial charge in [0.1, 0.15) is 0 Å². The van der Waals surface area contributed by atoms with Crippen LogP contribution in [-0.4, -0.2) is 4.98 Å². The Labute approximate surface area is 80.3 Å². The first-order chi connectivity index (χ1) is 6.45. The van der Waals surface area contributed by atoms with Crippen molar-refractivity contribution in [1.29, 1.82) is 0 Å². The molecule has 1 nitrogen and oxygen atoms in total. The molecule has 0 N–H and O–H groups in total. The number of pyridine rings is 1. The second kappa shape index (κ2) is 3.82. The Kier molecular flexibility index (Phi) is 2.93. The lowest BCUT2D eigenvalue weighted by atomic mass is 10.1. The van der Waals surface area contributed by atoms with Crippen molar-refractivity contribution in [3.8, 4) is 0 Å². The molecule has 0 atom stereocenters. The van der Waals surface area contributed by atoms with Gasteiger partial charge in [-0.05, 0) is 31.6 Å². The minimum Gasteiger partial charge on any atom is -0.256 e. The summed E-state index contributed by atoms with van der Waals surface area (Å²) in [5.74, 6) is 0. The van der Waals surface area contributed by atoms with Crippen molar-refractivity contribution in [3.63, 3.8) is 0 Å². The van der Waals surface area contributed by atoms with Gasteiger partial charge in [-0.25, -0.2) is 0 Å². The predicted octanol–water partition coefficient (Wildman–Crippen LogP) is 3.52. The van der Waals surface area contributed by atoms with Gasteiger partial charge in [0.15, 0.2) is 0 Å². The van der Waals surface area contributed by atoms with Crippen molar-refractivity contribution in [3.05, 3.63) is 35.7 Å². The molecular formula is C10H10F3N. The fourth-order valence-corrected chi connectivity index (χ4v) is 0.943. The lowest BCUT2D eigenvalue weighted by Crippen LogP contribution is -2.05. The lowest BCUT2D eigenvalue weighted by molar-refractivity contribution is -0.137. The number of allylic oxidation sites excluding steroid dienone is 2. The van der Waals surface area contributed by atoms with E-state index < -0.39 is 11.7 Å². The molecule has 0 unspecified atom stereocenters. The number of hydrogen-bond acceptors (Lipinski definition) is 1. The molecule has 1 aromatic rings. The van der Waals surface area contributed by atoms with E-state index in [-0.39, 0.29) is 0 Å². The highest BCUT2D eigenvalue weighted by atomic mass is 19.4. The van der Waals surface area contributed by atoms with Crippen LogP contribution in [0.1, 0.15) is 25.1 Å². The molecule has 14 heavy (non-hydrogen) atoms. The van der Waals surface area contributed by atoms with Crippen LogP contribution in [-0.2, 0) is 6.18 Å². The minimum atomic E-state index is -4.31. The van der Waals surface area contributed by atoms with E-state index in [0.29, 0.717) is 5.69 Å². The minimum absolute atomic E-state index is 0.570. The van der Waals surface area contributed by atoms with Crippen LogP contribution in [0.25, 0.3) is 5.57 Å². The molecule has 0 aliphatic heterocycles. The summed E-state index contributed by atoms with van der Waals surface area (Å²) in [6, 6.07) is 2.41. The molecule has 0 radical (unpaired) electrons. The van der Waals surface area contributed by atoms with Gasteiger partial charge in [-0.3, -0.25) is 4.98 Å². The van der Waals surface area contributed by atoms with Crippen LogP contribution in [0.4, 0.5) is 13.2 Å². The highest BCUT2D eigenvalue weighted by Crippen LogP contribution is 2.28. The molecule has 1 rings (SSSR count). The molecule has 0 saturated carbocycles. The van der Waals surface area contributed by atoms with Crippen molar-refractivity contribution in [2.45, 2.75) is 20.0 Å². The maximum atomic E-state index is 12.1. The lowest BCUT2D eigenvalue weighted by Gasteiger charge is -2.06. The van der Waals surface area contributed by atoms with Gasteiger partial charge in [0.25, 0.3) is 0 Å². The van der Waals surface area contributed by atoms with Gasteiger partial charge in [-0.2, -0.15) is 13.2 Å². The molecule has 0 fully saturated rings. The van der Waals surface area contributed by atoms with Crippen LogP contribution in [0.2, 0.25) is 0 Å². The first-order valence-corrected chi connectivity index (χ1v) is 4.11. The second-order valence-electron chi connectivity index (χ2n) is 2.90. The third-order valence-electron chi connectivity index (χ3n) is 1.93. The van der Waals surface area contributed by atoms with E-state index in [0.717, 1.165) is 17.8 Å². The summed E-state index contributed by atoms with van der Waals surface area (Å²) in [6.45, 7) is 3.62. The third kappa shape index (κ3) is 2.34. The molecule has 0 saturated heterocycles. The Morgan fingerprint density at radius 1 is 1.36 bits per heavy atom. The number of nitrogens with zero attached hydrogens (tertiary/aromatic N) is 1. The number of halogens is 3. The molecule has 0 aliphatic carbocycles. The van der Waals surface area contributed by atoms with Gasteiger partial charge < -0.3 is 0 Å². The maximum absolute atomic E-state index is 12.1. The number of alkyl halides is 3. The van der Waals surface area contributed by atoms with Crippen molar-refractivity contribution < 1.29 is 13.2 Å². The Hall–Kier alpha value is -1.32. The van der Waals surface area contributed by atoms with Gasteiger partial charge >= 0.3 is 6.18 Å². The zero-order chi connectivity index (χ0) is 10.8. The highest BCUT2D eigenvalue weighted by molar-refractivity contribution is 5.59. The SMILES string of the molecule is CC=C(C)c1ccc(C(F)(F)F)cn1. The molecule has 0 spiro atoms. The van der Waals surface area contributed by atoms with E-state index in [4.69, 9.17) is 0 Å². The van der Waals surface area contributed by atoms with Crippen molar-refractivity contribution >= 4 is 5.57 Å². The highest BCUT2D eigenvalue weighted by Gasteiger charge is 2.30. The van der Waals surface area contributed by atoms with Crippen molar-refractivity contribution in [1.82, 2.24) is 4.98 Å². The van der Waals surface area contributed by atoms with E-state index >= 15 is 0 Å². The maximum Gasteiger partial charge on any atom is 0.417 e. The van der Waals surface area contributed by atoms with Crippen LogP contribution in [0.15, 0.2) is 24.4 Å². The zero-order valence-corrected chi connectivity index (χ0v) is 7.89. The van der Waals surface area contributed by atoms with Gasteiger partial charge in [-0.15, -0.1) is 0 Å². The third-order valence-corrected chi connectivity index (χ3v) is 1.93. The topological polar surface area (TPSA) is 12.9 Å². The van der Waals surface area contributed by atoms with Crippen LogP contribution < -0.4 is 0 Å². The van der Waals surface area contributed by atoms with Crippen LogP contribution in [0.3, 0.4) is 0 Å². The van der Waals surface area contributed by atoms with Crippen LogP contribution >= 0.6 is 0 Å². The number of aromatic nitrogens is 1. The standard InChI is InChI=1S/C10H10F3N/c1-3-7(2)9-5-4-8(6-14-9)10(11,12)13/h3-6H,1-2H3. The largest absolute Gasteiger partial charge is 0.417 e. The van der Waals surface area contributed by atoms with E-state index in [1.807, 2.05) is 6.92 Å². The molecule has 4 heteroatoms. The summed E-state index contributed by atoms with van der Waals surface area (Å²) in [4.78, 5) is 3.73. The Morgan fingerprint density at radius 2 is 2.00 bits per heavy atom. The molecule has 0 bridgehead atoms. The van der Waals surface area contributed by atoms with E-state index in [9.17, 15) is 13.2 Å². The Bertz CT molecular complexity index is 335. The molecule has 1 heterocycles. The van der Waals surface area contributed by atoms with Crippen LogP contribution in [0.5, 0.6) is 0 Å². The molecular weight excluding hydrogens is 191 g/mol. The molecule has 76 valence electrons. The fraction of sp³-hybridized carbons (Fsp3) is 0.300. The average molecular weight is 201 g/mol. The fourth-order valence-electron chi connectivity index (χ4n) is 0.943. The Morgan fingerprint density at radius 3 is 2.36 bits per heavy atom. The normalized spacial score (nSPS) is 13.1. The van der Waals surface area contributed by atoms with Crippen molar-refractivity contribution in [2.24, 2.45) is 0 Å².